The molecule has 0 atom stereocenters. The van der Waals surface area contributed by atoms with Gasteiger partial charge in [0.15, 0.2) is 11.4 Å². The van der Waals surface area contributed by atoms with Crippen molar-refractivity contribution in [2.24, 2.45) is 0 Å². The highest BCUT2D eigenvalue weighted by molar-refractivity contribution is 6.30. The van der Waals surface area contributed by atoms with Crippen molar-refractivity contribution in [1.29, 1.82) is 0 Å². The van der Waals surface area contributed by atoms with Crippen LogP contribution in [0.1, 0.15) is 27.0 Å². The molecule has 0 fully saturated rings. The van der Waals surface area contributed by atoms with Gasteiger partial charge in [0.05, 0.1) is 11.9 Å². The molecule has 0 aliphatic heterocycles. The molecule has 0 saturated carbocycles. The topological polar surface area (TPSA) is 98.1 Å². The van der Waals surface area contributed by atoms with Crippen LogP contribution in [0.2, 0.25) is 5.02 Å². The van der Waals surface area contributed by atoms with Gasteiger partial charge in [-0.3, -0.25) is 14.6 Å². The van der Waals surface area contributed by atoms with Gasteiger partial charge in [-0.25, -0.2) is 0 Å². The molecule has 9 heteroatoms. The van der Waals surface area contributed by atoms with E-state index in [2.05, 4.69) is 20.7 Å². The fourth-order valence-corrected chi connectivity index (χ4v) is 4.18. The van der Waals surface area contributed by atoms with Crippen molar-refractivity contribution in [3.8, 4) is 17.2 Å². The summed E-state index contributed by atoms with van der Waals surface area (Å²) in [4.78, 5) is 30.6. The SMILES string of the molecule is Cc1ccc(Oc2cnn(-c3cccc(Cl)c3)c(=O)c2Nc2cccc(C(=O)NCc3cccnc3)c2)cc1C. The minimum absolute atomic E-state index is 0.154. The molecule has 2 aromatic heterocycles. The maximum Gasteiger partial charge on any atom is 0.299 e. The van der Waals surface area contributed by atoms with Crippen LogP contribution < -0.4 is 20.9 Å². The largest absolute Gasteiger partial charge is 0.453 e. The standard InChI is InChI=1S/C31H26ClN5O3/c1-20-11-12-27(14-21(20)2)40-28-19-35-37(26-10-4-8-24(32)16-26)31(39)29(28)36-25-9-3-7-23(15-25)30(38)34-18-22-6-5-13-33-17-22/h3-17,19,36H,18H2,1-2H3,(H,34,38). The van der Waals surface area contributed by atoms with Gasteiger partial charge >= 0.3 is 0 Å². The molecule has 0 aliphatic carbocycles. The number of hydrogen-bond donors (Lipinski definition) is 2. The molecule has 0 saturated heterocycles. The molecule has 2 heterocycles. The molecular weight excluding hydrogens is 526 g/mol. The second kappa shape index (κ2) is 11.8. The molecule has 5 rings (SSSR count). The average molecular weight is 552 g/mol. The van der Waals surface area contributed by atoms with Gasteiger partial charge in [-0.1, -0.05) is 35.9 Å². The first-order valence-corrected chi connectivity index (χ1v) is 12.9. The van der Waals surface area contributed by atoms with Crippen LogP contribution >= 0.6 is 11.6 Å². The van der Waals surface area contributed by atoms with Gasteiger partial charge in [0.25, 0.3) is 11.5 Å². The average Bonchev–Trinajstić information content (AvgIpc) is 2.96. The Kier molecular flexibility index (Phi) is 7.89. The number of carbonyl (C=O) groups is 1. The molecule has 0 aliphatic rings. The van der Waals surface area contributed by atoms with Gasteiger partial charge in [-0.15, -0.1) is 0 Å². The zero-order valence-electron chi connectivity index (χ0n) is 21.9. The molecule has 40 heavy (non-hydrogen) atoms. The number of aromatic nitrogens is 3. The predicted molar refractivity (Wildman–Crippen MR) is 156 cm³/mol. The molecule has 0 unspecified atom stereocenters. The lowest BCUT2D eigenvalue weighted by Crippen LogP contribution is -2.24. The van der Waals surface area contributed by atoms with Crippen molar-refractivity contribution < 1.29 is 9.53 Å². The number of nitrogens with one attached hydrogen (secondary N) is 2. The van der Waals surface area contributed by atoms with E-state index in [-0.39, 0.29) is 17.3 Å². The molecule has 0 radical (unpaired) electrons. The van der Waals surface area contributed by atoms with E-state index in [1.165, 1.54) is 10.9 Å². The van der Waals surface area contributed by atoms with E-state index < -0.39 is 5.56 Å². The number of rotatable bonds is 8. The lowest BCUT2D eigenvalue weighted by atomic mass is 10.1. The molecule has 0 spiro atoms. The van der Waals surface area contributed by atoms with Crippen molar-refractivity contribution in [3.05, 3.63) is 135 Å². The molecule has 2 N–H and O–H groups in total. The summed E-state index contributed by atoms with van der Waals surface area (Å²) in [6.45, 7) is 4.34. The van der Waals surface area contributed by atoms with Crippen molar-refractivity contribution in [2.45, 2.75) is 20.4 Å². The fourth-order valence-electron chi connectivity index (χ4n) is 4.00. The molecule has 5 aromatic rings. The van der Waals surface area contributed by atoms with Gasteiger partial charge in [0, 0.05) is 35.2 Å². The van der Waals surface area contributed by atoms with Gasteiger partial charge in [-0.05, 0) is 85.1 Å². The highest BCUT2D eigenvalue weighted by Gasteiger charge is 2.17. The minimum atomic E-state index is -0.449. The highest BCUT2D eigenvalue weighted by Crippen LogP contribution is 2.30. The van der Waals surface area contributed by atoms with E-state index in [1.807, 2.05) is 44.2 Å². The van der Waals surface area contributed by atoms with E-state index in [4.69, 9.17) is 16.3 Å². The summed E-state index contributed by atoms with van der Waals surface area (Å²) in [5, 5.41) is 10.9. The Balaban J connectivity index is 1.48. The van der Waals surface area contributed by atoms with Crippen molar-refractivity contribution >= 4 is 28.9 Å². The van der Waals surface area contributed by atoms with Crippen LogP contribution in [-0.2, 0) is 6.54 Å². The second-order valence-corrected chi connectivity index (χ2v) is 9.61. The van der Waals surface area contributed by atoms with Crippen LogP contribution in [0.25, 0.3) is 5.69 Å². The Labute approximate surface area is 236 Å². The smallest absolute Gasteiger partial charge is 0.299 e. The van der Waals surface area contributed by atoms with E-state index in [1.54, 1.807) is 60.9 Å². The molecule has 8 nitrogen and oxygen atoms in total. The third kappa shape index (κ3) is 6.19. The van der Waals surface area contributed by atoms with Crippen LogP contribution in [-0.4, -0.2) is 20.7 Å². The lowest BCUT2D eigenvalue weighted by molar-refractivity contribution is 0.0951. The maximum atomic E-state index is 13.7. The number of pyridine rings is 1. The van der Waals surface area contributed by atoms with Crippen molar-refractivity contribution in [3.63, 3.8) is 0 Å². The monoisotopic (exact) mass is 551 g/mol. The Morgan fingerprint density at radius 3 is 2.58 bits per heavy atom. The van der Waals surface area contributed by atoms with Crippen LogP contribution in [0.15, 0.2) is 102 Å². The zero-order valence-corrected chi connectivity index (χ0v) is 22.6. The van der Waals surface area contributed by atoms with E-state index >= 15 is 0 Å². The number of benzene rings is 3. The first-order chi connectivity index (χ1) is 19.4. The number of amides is 1. The lowest BCUT2D eigenvalue weighted by Gasteiger charge is -2.15. The normalized spacial score (nSPS) is 10.7. The number of aryl methyl sites for hydroxylation is 2. The summed E-state index contributed by atoms with van der Waals surface area (Å²) in [5.41, 5.74) is 4.22. The number of hydrogen-bond acceptors (Lipinski definition) is 6. The summed E-state index contributed by atoms with van der Waals surface area (Å²) in [6, 6.07) is 23.1. The van der Waals surface area contributed by atoms with Crippen molar-refractivity contribution in [1.82, 2.24) is 20.1 Å². The van der Waals surface area contributed by atoms with Gasteiger partial charge < -0.3 is 15.4 Å². The first-order valence-electron chi connectivity index (χ1n) is 12.5. The first kappa shape index (κ1) is 26.6. The third-order valence-electron chi connectivity index (χ3n) is 6.27. The number of carbonyl (C=O) groups excluding carboxylic acids is 1. The maximum absolute atomic E-state index is 13.7. The van der Waals surface area contributed by atoms with Crippen LogP contribution in [0.4, 0.5) is 11.4 Å². The second-order valence-electron chi connectivity index (χ2n) is 9.18. The number of nitrogens with zero attached hydrogens (tertiary/aromatic N) is 3. The van der Waals surface area contributed by atoms with E-state index in [9.17, 15) is 9.59 Å². The van der Waals surface area contributed by atoms with Crippen LogP contribution in [0.3, 0.4) is 0 Å². The summed E-state index contributed by atoms with van der Waals surface area (Å²) in [5.74, 6) is 0.541. The number of anilines is 2. The fraction of sp³-hybridized carbons (Fsp3) is 0.0968. The van der Waals surface area contributed by atoms with Gasteiger partial charge in [-0.2, -0.15) is 9.78 Å². The quantitative estimate of drug-likeness (QED) is 0.233. The predicted octanol–water partition coefficient (Wildman–Crippen LogP) is 6.36. The molecule has 1 amide bonds. The van der Waals surface area contributed by atoms with Crippen LogP contribution in [0.5, 0.6) is 11.5 Å². The van der Waals surface area contributed by atoms with E-state index in [0.717, 1.165) is 16.7 Å². The number of ether oxygens (including phenoxy) is 1. The highest BCUT2D eigenvalue weighted by atomic mass is 35.5. The van der Waals surface area contributed by atoms with Crippen LogP contribution in [0, 0.1) is 13.8 Å². The Morgan fingerprint density at radius 2 is 1.80 bits per heavy atom. The summed E-state index contributed by atoms with van der Waals surface area (Å²) in [7, 11) is 0. The molecular formula is C31H26ClN5O3. The summed E-state index contributed by atoms with van der Waals surface area (Å²) in [6.07, 6.45) is 4.85. The van der Waals surface area contributed by atoms with Gasteiger partial charge in [0.2, 0.25) is 0 Å². The van der Waals surface area contributed by atoms with Crippen molar-refractivity contribution in [2.75, 3.05) is 5.32 Å². The summed E-state index contributed by atoms with van der Waals surface area (Å²) >= 11 is 6.17. The minimum Gasteiger partial charge on any atom is -0.453 e. The third-order valence-corrected chi connectivity index (χ3v) is 6.51. The zero-order chi connectivity index (χ0) is 28.1. The molecule has 200 valence electrons. The molecule has 3 aromatic carbocycles. The number of halogens is 1. The van der Waals surface area contributed by atoms with Gasteiger partial charge in [0.1, 0.15) is 5.75 Å². The van der Waals surface area contributed by atoms with E-state index in [0.29, 0.717) is 34.3 Å². The molecule has 0 bridgehead atoms. The summed E-state index contributed by atoms with van der Waals surface area (Å²) < 4.78 is 7.37. The Hall–Kier alpha value is -4.95. The Morgan fingerprint density at radius 1 is 0.950 bits per heavy atom. The Bertz CT molecular complexity index is 1740.